The third-order valence-corrected chi connectivity index (χ3v) is 4.14. The molecule has 2 aromatic carbocycles. The quantitative estimate of drug-likeness (QED) is 0.876. The van der Waals surface area contributed by atoms with Crippen LogP contribution in [0.5, 0.6) is 5.75 Å². The van der Waals surface area contributed by atoms with Gasteiger partial charge in [0, 0.05) is 19.5 Å². The number of rotatable bonds is 5. The summed E-state index contributed by atoms with van der Waals surface area (Å²) in [4.78, 5) is 13.7. The molecule has 0 aliphatic carbocycles. The number of fused-ring (bicyclic) bond motifs is 1. The Balaban J connectivity index is 1.67. The summed E-state index contributed by atoms with van der Waals surface area (Å²) in [6.07, 6.45) is -0.465. The Morgan fingerprint density at radius 3 is 2.92 bits per heavy atom. The molecule has 2 aromatic rings. The standard InChI is InChI=1S/C19H21FN2O3/c1-13-4-2-3-5-18(13)25-12-15(23)11-22-9-8-19(24)21-16-10-14(20)6-7-17(16)22/h2-7,10,15,23H,8-9,11-12H2,1H3,(H,21,24). The molecule has 1 unspecified atom stereocenters. The number of hydrogen-bond donors (Lipinski definition) is 2. The summed E-state index contributed by atoms with van der Waals surface area (Å²) in [7, 11) is 0. The van der Waals surface area contributed by atoms with Gasteiger partial charge in [0.2, 0.25) is 5.91 Å². The average Bonchev–Trinajstić information content (AvgIpc) is 2.72. The van der Waals surface area contributed by atoms with Crippen LogP contribution in [0.4, 0.5) is 15.8 Å². The van der Waals surface area contributed by atoms with Gasteiger partial charge in [-0.05, 0) is 36.8 Å². The molecule has 5 nitrogen and oxygen atoms in total. The Bertz CT molecular complexity index is 766. The number of hydrogen-bond acceptors (Lipinski definition) is 4. The highest BCUT2D eigenvalue weighted by Gasteiger charge is 2.22. The molecule has 0 fully saturated rings. The van der Waals surface area contributed by atoms with E-state index in [1.165, 1.54) is 12.1 Å². The molecule has 3 rings (SSSR count). The van der Waals surface area contributed by atoms with Crippen LogP contribution in [0.2, 0.25) is 0 Å². The molecule has 25 heavy (non-hydrogen) atoms. The number of nitrogens with zero attached hydrogens (tertiary/aromatic N) is 1. The van der Waals surface area contributed by atoms with Gasteiger partial charge in [-0.3, -0.25) is 4.79 Å². The Kier molecular flexibility index (Phi) is 5.19. The van der Waals surface area contributed by atoms with E-state index >= 15 is 0 Å². The lowest BCUT2D eigenvalue weighted by atomic mass is 10.2. The molecule has 1 amide bonds. The van der Waals surface area contributed by atoms with E-state index in [0.717, 1.165) is 11.3 Å². The van der Waals surface area contributed by atoms with Crippen molar-refractivity contribution in [1.29, 1.82) is 0 Å². The third kappa shape index (κ3) is 4.28. The monoisotopic (exact) mass is 344 g/mol. The van der Waals surface area contributed by atoms with Crippen molar-refractivity contribution in [3.63, 3.8) is 0 Å². The number of β-amino-alcohol motifs (C(OH)–C–C–N with tert-alkyl or cyclic N) is 1. The predicted octanol–water partition coefficient (Wildman–Crippen LogP) is 2.72. The largest absolute Gasteiger partial charge is 0.491 e. The van der Waals surface area contributed by atoms with Crippen molar-refractivity contribution < 1.29 is 19.0 Å². The first kappa shape index (κ1) is 17.2. The van der Waals surface area contributed by atoms with E-state index in [-0.39, 0.29) is 18.9 Å². The molecular formula is C19H21FN2O3. The van der Waals surface area contributed by atoms with Crippen LogP contribution < -0.4 is 15.0 Å². The van der Waals surface area contributed by atoms with Gasteiger partial charge in [-0.2, -0.15) is 0 Å². The number of halogens is 1. The molecular weight excluding hydrogens is 323 g/mol. The van der Waals surface area contributed by atoms with Crippen molar-refractivity contribution in [3.05, 3.63) is 53.8 Å². The average molecular weight is 344 g/mol. The van der Waals surface area contributed by atoms with Gasteiger partial charge in [-0.25, -0.2) is 4.39 Å². The Labute approximate surface area is 146 Å². The van der Waals surface area contributed by atoms with Crippen LogP contribution in [0.25, 0.3) is 0 Å². The van der Waals surface area contributed by atoms with Gasteiger partial charge < -0.3 is 20.1 Å². The highest BCUT2D eigenvalue weighted by molar-refractivity contribution is 5.96. The maximum atomic E-state index is 13.5. The number of aliphatic hydroxyl groups is 1. The first-order valence-corrected chi connectivity index (χ1v) is 8.24. The molecule has 1 atom stereocenters. The number of carbonyl (C=O) groups excluding carboxylic acids is 1. The van der Waals surface area contributed by atoms with Crippen LogP contribution in [-0.4, -0.2) is 36.8 Å². The minimum atomic E-state index is -0.745. The zero-order valence-electron chi connectivity index (χ0n) is 14.0. The van der Waals surface area contributed by atoms with E-state index < -0.39 is 11.9 Å². The Hall–Kier alpha value is -2.60. The van der Waals surface area contributed by atoms with Crippen LogP contribution in [0, 0.1) is 12.7 Å². The molecule has 0 aromatic heterocycles. The number of aryl methyl sites for hydroxylation is 1. The van der Waals surface area contributed by atoms with Crippen molar-refractivity contribution in [2.24, 2.45) is 0 Å². The summed E-state index contributed by atoms with van der Waals surface area (Å²) >= 11 is 0. The zero-order chi connectivity index (χ0) is 17.8. The second-order valence-electron chi connectivity index (χ2n) is 6.14. The molecule has 1 aliphatic rings. The van der Waals surface area contributed by atoms with E-state index in [4.69, 9.17) is 4.74 Å². The lowest BCUT2D eigenvalue weighted by Crippen LogP contribution is -2.36. The number of benzene rings is 2. The summed E-state index contributed by atoms with van der Waals surface area (Å²) in [5.74, 6) is 0.154. The normalized spacial score (nSPS) is 15.2. The molecule has 0 saturated carbocycles. The van der Waals surface area contributed by atoms with E-state index in [0.29, 0.717) is 24.5 Å². The number of ether oxygens (including phenoxy) is 1. The van der Waals surface area contributed by atoms with Crippen molar-refractivity contribution >= 4 is 17.3 Å². The summed E-state index contributed by atoms with van der Waals surface area (Å²) < 4.78 is 19.1. The van der Waals surface area contributed by atoms with E-state index in [9.17, 15) is 14.3 Å². The van der Waals surface area contributed by atoms with Gasteiger partial charge in [0.15, 0.2) is 0 Å². The summed E-state index contributed by atoms with van der Waals surface area (Å²) in [6, 6.07) is 11.9. The topological polar surface area (TPSA) is 61.8 Å². The minimum absolute atomic E-state index is 0.138. The Morgan fingerprint density at radius 1 is 1.32 bits per heavy atom. The third-order valence-electron chi connectivity index (χ3n) is 4.14. The molecule has 1 heterocycles. The number of para-hydroxylation sites is 1. The Morgan fingerprint density at radius 2 is 2.12 bits per heavy atom. The number of aliphatic hydroxyl groups excluding tert-OH is 1. The van der Waals surface area contributed by atoms with Crippen LogP contribution >= 0.6 is 0 Å². The molecule has 0 bridgehead atoms. The van der Waals surface area contributed by atoms with Gasteiger partial charge >= 0.3 is 0 Å². The molecule has 0 spiro atoms. The lowest BCUT2D eigenvalue weighted by Gasteiger charge is -2.26. The summed E-state index contributed by atoms with van der Waals surface area (Å²) in [5.41, 5.74) is 2.12. The fourth-order valence-corrected chi connectivity index (χ4v) is 2.85. The van der Waals surface area contributed by atoms with Gasteiger partial charge in [0.25, 0.3) is 0 Å². The number of amides is 1. The number of anilines is 2. The smallest absolute Gasteiger partial charge is 0.226 e. The van der Waals surface area contributed by atoms with Crippen molar-refractivity contribution in [2.75, 3.05) is 29.9 Å². The van der Waals surface area contributed by atoms with E-state index in [1.54, 1.807) is 6.07 Å². The van der Waals surface area contributed by atoms with Gasteiger partial charge in [-0.1, -0.05) is 18.2 Å². The van der Waals surface area contributed by atoms with Gasteiger partial charge in [-0.15, -0.1) is 0 Å². The van der Waals surface area contributed by atoms with E-state index in [2.05, 4.69) is 5.32 Å². The predicted molar refractivity (Wildman–Crippen MR) is 94.5 cm³/mol. The van der Waals surface area contributed by atoms with Crippen LogP contribution in [0.3, 0.4) is 0 Å². The van der Waals surface area contributed by atoms with Crippen LogP contribution in [0.1, 0.15) is 12.0 Å². The van der Waals surface area contributed by atoms with Crippen LogP contribution in [0.15, 0.2) is 42.5 Å². The fourth-order valence-electron chi connectivity index (χ4n) is 2.85. The molecule has 1 aliphatic heterocycles. The van der Waals surface area contributed by atoms with Gasteiger partial charge in [0.05, 0.1) is 11.4 Å². The second kappa shape index (κ2) is 7.53. The number of carbonyl (C=O) groups is 1. The summed E-state index contributed by atoms with van der Waals surface area (Å²) in [5, 5.41) is 13.0. The van der Waals surface area contributed by atoms with Crippen molar-refractivity contribution in [2.45, 2.75) is 19.4 Å². The molecule has 0 saturated heterocycles. The van der Waals surface area contributed by atoms with Gasteiger partial charge in [0.1, 0.15) is 24.3 Å². The molecule has 6 heteroatoms. The number of nitrogens with one attached hydrogen (secondary N) is 1. The van der Waals surface area contributed by atoms with Crippen molar-refractivity contribution in [3.8, 4) is 5.75 Å². The molecule has 132 valence electrons. The zero-order valence-corrected chi connectivity index (χ0v) is 14.0. The first-order valence-electron chi connectivity index (χ1n) is 8.24. The highest BCUT2D eigenvalue weighted by Crippen LogP contribution is 2.29. The van der Waals surface area contributed by atoms with E-state index in [1.807, 2.05) is 36.1 Å². The fraction of sp³-hybridized carbons (Fsp3) is 0.316. The van der Waals surface area contributed by atoms with Crippen molar-refractivity contribution in [1.82, 2.24) is 0 Å². The minimum Gasteiger partial charge on any atom is -0.491 e. The maximum Gasteiger partial charge on any atom is 0.226 e. The van der Waals surface area contributed by atoms with Crippen LogP contribution in [-0.2, 0) is 4.79 Å². The SMILES string of the molecule is Cc1ccccc1OCC(O)CN1CCC(=O)Nc2cc(F)ccc21. The lowest BCUT2D eigenvalue weighted by molar-refractivity contribution is -0.116. The molecule has 0 radical (unpaired) electrons. The highest BCUT2D eigenvalue weighted by atomic mass is 19.1. The summed E-state index contributed by atoms with van der Waals surface area (Å²) in [6.45, 7) is 2.82. The maximum absolute atomic E-state index is 13.5. The second-order valence-corrected chi connectivity index (χ2v) is 6.14. The molecule has 2 N–H and O–H groups in total. The first-order chi connectivity index (χ1) is 12.0.